The van der Waals surface area contributed by atoms with Crippen molar-refractivity contribution < 1.29 is 32.2 Å². The molecule has 0 bridgehead atoms. The Morgan fingerprint density at radius 2 is 1.68 bits per heavy atom. The maximum Gasteiger partial charge on any atom is 0.387 e. The van der Waals surface area contributed by atoms with Crippen LogP contribution >= 0.6 is 0 Å². The summed E-state index contributed by atoms with van der Waals surface area (Å²) in [5, 5.41) is 0. The lowest BCUT2D eigenvalue weighted by molar-refractivity contribution is -0.131. The first-order valence-corrected chi connectivity index (χ1v) is 8.09. The lowest BCUT2D eigenvalue weighted by Crippen LogP contribution is -2.46. The van der Waals surface area contributed by atoms with Gasteiger partial charge in [-0.1, -0.05) is 24.3 Å². The van der Waals surface area contributed by atoms with Gasteiger partial charge in [0.05, 0.1) is 0 Å². The van der Waals surface area contributed by atoms with Crippen molar-refractivity contribution >= 4 is 17.9 Å². The standard InChI is InChI=1S/C19H17F3N2O4/c1-12(27-16-5-3-2-4-15(16)20)18(26)24-23-17(25)11-8-13-6-9-14(10-7-13)28-19(21)22/h2-12,19H,1H3,(H,23,25)(H,24,26)/b11-8+/t12-/m0/s1. The maximum atomic E-state index is 13.5. The van der Waals surface area contributed by atoms with Gasteiger partial charge >= 0.3 is 6.61 Å². The topological polar surface area (TPSA) is 76.7 Å². The molecule has 0 aliphatic heterocycles. The van der Waals surface area contributed by atoms with Gasteiger partial charge in [0.2, 0.25) is 0 Å². The Bertz CT molecular complexity index is 841. The van der Waals surface area contributed by atoms with Gasteiger partial charge in [0.1, 0.15) is 5.75 Å². The molecule has 0 fully saturated rings. The number of amides is 2. The van der Waals surface area contributed by atoms with E-state index in [9.17, 15) is 22.8 Å². The number of nitrogens with one attached hydrogen (secondary N) is 2. The zero-order chi connectivity index (χ0) is 20.5. The molecule has 2 aromatic carbocycles. The first-order chi connectivity index (χ1) is 13.3. The third kappa shape index (κ3) is 6.67. The van der Waals surface area contributed by atoms with Crippen molar-refractivity contribution in [2.24, 2.45) is 0 Å². The van der Waals surface area contributed by atoms with E-state index in [1.807, 2.05) is 0 Å². The van der Waals surface area contributed by atoms with E-state index in [2.05, 4.69) is 15.6 Å². The predicted molar refractivity (Wildman–Crippen MR) is 94.9 cm³/mol. The number of rotatable bonds is 7. The zero-order valence-electron chi connectivity index (χ0n) is 14.7. The molecule has 0 radical (unpaired) electrons. The molecular formula is C19H17F3N2O4. The van der Waals surface area contributed by atoms with Crippen molar-refractivity contribution in [3.63, 3.8) is 0 Å². The third-order valence-electron chi connectivity index (χ3n) is 3.35. The number of hydrazine groups is 1. The van der Waals surface area contributed by atoms with Crippen LogP contribution in [0.1, 0.15) is 12.5 Å². The molecule has 6 nitrogen and oxygen atoms in total. The summed E-state index contributed by atoms with van der Waals surface area (Å²) in [5.41, 5.74) is 4.85. The van der Waals surface area contributed by atoms with Crippen LogP contribution in [0, 0.1) is 5.82 Å². The van der Waals surface area contributed by atoms with E-state index in [0.29, 0.717) is 5.56 Å². The van der Waals surface area contributed by atoms with E-state index in [-0.39, 0.29) is 11.5 Å². The first-order valence-electron chi connectivity index (χ1n) is 8.09. The van der Waals surface area contributed by atoms with Gasteiger partial charge in [0.25, 0.3) is 11.8 Å². The molecule has 2 aromatic rings. The highest BCUT2D eigenvalue weighted by atomic mass is 19.3. The van der Waals surface area contributed by atoms with Crippen LogP contribution in [0.5, 0.6) is 11.5 Å². The number of carbonyl (C=O) groups is 2. The molecule has 1 atom stereocenters. The fraction of sp³-hybridized carbons (Fsp3) is 0.158. The number of ether oxygens (including phenoxy) is 2. The molecule has 2 amide bonds. The molecular weight excluding hydrogens is 377 g/mol. The highest BCUT2D eigenvalue weighted by molar-refractivity contribution is 5.93. The lowest BCUT2D eigenvalue weighted by Gasteiger charge is -2.15. The Labute approximate surface area is 158 Å². The largest absolute Gasteiger partial charge is 0.478 e. The lowest BCUT2D eigenvalue weighted by atomic mass is 10.2. The molecule has 0 saturated heterocycles. The van der Waals surface area contributed by atoms with Gasteiger partial charge in [0.15, 0.2) is 17.7 Å². The second-order valence-corrected chi connectivity index (χ2v) is 5.45. The predicted octanol–water partition coefficient (Wildman–Crippen LogP) is 3.06. The van der Waals surface area contributed by atoms with Crippen LogP contribution in [0.4, 0.5) is 13.2 Å². The second-order valence-electron chi connectivity index (χ2n) is 5.45. The number of benzene rings is 2. The molecule has 0 aliphatic carbocycles. The normalized spacial score (nSPS) is 11.9. The fourth-order valence-corrected chi connectivity index (χ4v) is 1.98. The van der Waals surface area contributed by atoms with Gasteiger partial charge in [-0.25, -0.2) is 4.39 Å². The van der Waals surface area contributed by atoms with Gasteiger partial charge in [-0.05, 0) is 42.8 Å². The smallest absolute Gasteiger partial charge is 0.387 e. The quantitative estimate of drug-likeness (QED) is 0.559. The second kappa shape index (κ2) is 10.0. The molecule has 148 valence electrons. The summed E-state index contributed by atoms with van der Waals surface area (Å²) in [6.45, 7) is -1.52. The average Bonchev–Trinajstić information content (AvgIpc) is 2.66. The minimum atomic E-state index is -2.92. The summed E-state index contributed by atoms with van der Waals surface area (Å²) in [6, 6.07) is 11.2. The van der Waals surface area contributed by atoms with E-state index in [4.69, 9.17) is 4.74 Å². The van der Waals surface area contributed by atoms with E-state index in [1.54, 1.807) is 6.07 Å². The van der Waals surface area contributed by atoms with Crippen molar-refractivity contribution in [3.05, 3.63) is 66.0 Å². The van der Waals surface area contributed by atoms with E-state index in [1.165, 1.54) is 55.5 Å². The van der Waals surface area contributed by atoms with Crippen molar-refractivity contribution in [1.82, 2.24) is 10.9 Å². The van der Waals surface area contributed by atoms with Gasteiger partial charge in [0, 0.05) is 6.08 Å². The minimum absolute atomic E-state index is 0.00675. The van der Waals surface area contributed by atoms with Crippen molar-refractivity contribution in [2.75, 3.05) is 0 Å². The summed E-state index contributed by atoms with van der Waals surface area (Å²) in [5.74, 6) is -2.03. The number of alkyl halides is 2. The molecule has 0 saturated carbocycles. The molecule has 2 rings (SSSR count). The number of halogens is 3. The zero-order valence-corrected chi connectivity index (χ0v) is 14.7. The van der Waals surface area contributed by atoms with Gasteiger partial charge < -0.3 is 9.47 Å². The first kappa shape index (κ1) is 20.8. The SMILES string of the molecule is C[C@H](Oc1ccccc1F)C(=O)NNC(=O)/C=C/c1ccc(OC(F)F)cc1. The van der Waals surface area contributed by atoms with Crippen LogP contribution in [0.3, 0.4) is 0 Å². The summed E-state index contributed by atoms with van der Waals surface area (Å²) >= 11 is 0. The Morgan fingerprint density at radius 3 is 2.32 bits per heavy atom. The number of hydrogen-bond acceptors (Lipinski definition) is 4. The summed E-state index contributed by atoms with van der Waals surface area (Å²) in [7, 11) is 0. The van der Waals surface area contributed by atoms with E-state index in [0.717, 1.165) is 6.08 Å². The van der Waals surface area contributed by atoms with Crippen LogP contribution < -0.4 is 20.3 Å². The van der Waals surface area contributed by atoms with Gasteiger partial charge in [-0.3, -0.25) is 20.4 Å². The van der Waals surface area contributed by atoms with Crippen molar-refractivity contribution in [2.45, 2.75) is 19.6 Å². The van der Waals surface area contributed by atoms with Crippen molar-refractivity contribution in [3.8, 4) is 11.5 Å². The average molecular weight is 394 g/mol. The molecule has 0 unspecified atom stereocenters. The molecule has 0 aromatic heterocycles. The summed E-state index contributed by atoms with van der Waals surface area (Å²) in [4.78, 5) is 23.6. The third-order valence-corrected chi connectivity index (χ3v) is 3.35. The molecule has 0 spiro atoms. The van der Waals surface area contributed by atoms with E-state index >= 15 is 0 Å². The maximum absolute atomic E-state index is 13.5. The fourth-order valence-electron chi connectivity index (χ4n) is 1.98. The minimum Gasteiger partial charge on any atom is -0.478 e. The molecule has 2 N–H and O–H groups in total. The van der Waals surface area contributed by atoms with Crippen LogP contribution in [0.15, 0.2) is 54.6 Å². The van der Waals surface area contributed by atoms with E-state index < -0.39 is 30.3 Å². The number of carbonyl (C=O) groups excluding carboxylic acids is 2. The van der Waals surface area contributed by atoms with Crippen LogP contribution in [-0.2, 0) is 9.59 Å². The Balaban J connectivity index is 1.80. The van der Waals surface area contributed by atoms with Crippen LogP contribution in [0.25, 0.3) is 6.08 Å². The highest BCUT2D eigenvalue weighted by Gasteiger charge is 2.16. The summed E-state index contributed by atoms with van der Waals surface area (Å²) < 4.78 is 47.0. The molecule has 28 heavy (non-hydrogen) atoms. The van der Waals surface area contributed by atoms with Crippen LogP contribution in [-0.4, -0.2) is 24.5 Å². The Kier molecular flexibility index (Phi) is 7.44. The van der Waals surface area contributed by atoms with Crippen LogP contribution in [0.2, 0.25) is 0 Å². The highest BCUT2D eigenvalue weighted by Crippen LogP contribution is 2.17. The Hall–Kier alpha value is -3.49. The molecule has 0 aliphatic rings. The monoisotopic (exact) mass is 394 g/mol. The van der Waals surface area contributed by atoms with Gasteiger partial charge in [-0.15, -0.1) is 0 Å². The molecule has 0 heterocycles. The van der Waals surface area contributed by atoms with Gasteiger partial charge in [-0.2, -0.15) is 8.78 Å². The number of hydrogen-bond donors (Lipinski definition) is 2. The number of para-hydroxylation sites is 1. The Morgan fingerprint density at radius 1 is 1.00 bits per heavy atom. The summed E-state index contributed by atoms with van der Waals surface area (Å²) in [6.07, 6.45) is 1.49. The molecule has 9 heteroatoms. The van der Waals surface area contributed by atoms with Crippen molar-refractivity contribution in [1.29, 1.82) is 0 Å².